The molecule has 1 N–H and O–H groups in total. The number of rotatable bonds is 3. The van der Waals surface area contributed by atoms with Crippen molar-refractivity contribution in [3.63, 3.8) is 0 Å². The Kier molecular flexibility index (Phi) is 2.05. The van der Waals surface area contributed by atoms with Crippen LogP contribution in [0.15, 0.2) is 0 Å². The second kappa shape index (κ2) is 3.20. The van der Waals surface area contributed by atoms with Gasteiger partial charge in [-0.15, -0.1) is 0 Å². The Hall–Kier alpha value is -0.590. The van der Waals surface area contributed by atoms with Gasteiger partial charge in [0.25, 0.3) is 0 Å². The average Bonchev–Trinajstić information content (AvgIpc) is 3.08. The maximum Gasteiger partial charge on any atom is 0.121 e. The first-order valence-electron chi connectivity index (χ1n) is 6.17. The summed E-state index contributed by atoms with van der Waals surface area (Å²) in [5.41, 5.74) is -0.233. The number of hydrogen-bond donors (Lipinski definition) is 1. The molecule has 3 fully saturated rings. The van der Waals surface area contributed by atoms with E-state index in [4.69, 9.17) is 0 Å². The van der Waals surface area contributed by atoms with Crippen molar-refractivity contribution < 1.29 is 0 Å². The zero-order valence-corrected chi connectivity index (χ0v) is 9.37. The van der Waals surface area contributed by atoms with Gasteiger partial charge in [-0.2, -0.15) is 5.26 Å². The van der Waals surface area contributed by atoms with Crippen LogP contribution in [0.2, 0.25) is 0 Å². The molecule has 0 radical (unpaired) electrons. The molecule has 2 unspecified atom stereocenters. The lowest BCUT2D eigenvalue weighted by Crippen LogP contribution is -2.47. The third-order valence-corrected chi connectivity index (χ3v) is 3.95. The summed E-state index contributed by atoms with van der Waals surface area (Å²) >= 11 is 0. The van der Waals surface area contributed by atoms with Gasteiger partial charge in [-0.05, 0) is 39.0 Å². The molecule has 0 aromatic rings. The quantitative estimate of drug-likeness (QED) is 0.754. The summed E-state index contributed by atoms with van der Waals surface area (Å²) < 4.78 is 0. The smallest absolute Gasteiger partial charge is 0.121 e. The van der Waals surface area contributed by atoms with Crippen molar-refractivity contribution in [3.8, 4) is 6.07 Å². The molecule has 2 aliphatic carbocycles. The fourth-order valence-corrected chi connectivity index (χ4v) is 2.89. The summed E-state index contributed by atoms with van der Waals surface area (Å²) in [6.07, 6.45) is 6.23. The van der Waals surface area contributed by atoms with Gasteiger partial charge in [-0.3, -0.25) is 10.2 Å². The predicted octanol–water partition coefficient (Wildman–Crippen LogP) is 1.26. The minimum atomic E-state index is -0.233. The number of nitrogens with zero attached hydrogens (tertiary/aromatic N) is 2. The van der Waals surface area contributed by atoms with Crippen LogP contribution in [0.4, 0.5) is 0 Å². The van der Waals surface area contributed by atoms with Crippen molar-refractivity contribution in [1.29, 1.82) is 5.26 Å². The SMILES string of the molecule is CC1CC(C#N)(NC2CC2)CN1C1CC1. The molecular formula is C12H19N3. The van der Waals surface area contributed by atoms with E-state index in [-0.39, 0.29) is 5.54 Å². The molecule has 0 amide bonds. The van der Waals surface area contributed by atoms with Crippen molar-refractivity contribution in [2.24, 2.45) is 0 Å². The van der Waals surface area contributed by atoms with Gasteiger partial charge in [0.1, 0.15) is 5.54 Å². The van der Waals surface area contributed by atoms with Crippen LogP contribution in [0.25, 0.3) is 0 Å². The molecule has 0 aromatic heterocycles. The molecule has 15 heavy (non-hydrogen) atoms. The Bertz CT molecular complexity index is 300. The van der Waals surface area contributed by atoms with E-state index in [1.165, 1.54) is 25.7 Å². The molecule has 3 aliphatic rings. The molecule has 1 aliphatic heterocycles. The molecule has 0 spiro atoms. The van der Waals surface area contributed by atoms with Crippen LogP contribution in [0.1, 0.15) is 39.0 Å². The van der Waals surface area contributed by atoms with Crippen LogP contribution in [0.3, 0.4) is 0 Å². The van der Waals surface area contributed by atoms with E-state index in [1.54, 1.807) is 0 Å². The van der Waals surface area contributed by atoms with E-state index >= 15 is 0 Å². The van der Waals surface area contributed by atoms with Crippen molar-refractivity contribution in [2.75, 3.05) is 6.54 Å². The molecule has 2 atom stereocenters. The van der Waals surface area contributed by atoms with Crippen LogP contribution in [-0.2, 0) is 0 Å². The van der Waals surface area contributed by atoms with E-state index in [0.717, 1.165) is 19.0 Å². The highest BCUT2D eigenvalue weighted by atomic mass is 15.3. The molecule has 0 aromatic carbocycles. The molecule has 1 saturated heterocycles. The maximum atomic E-state index is 9.39. The van der Waals surface area contributed by atoms with Crippen LogP contribution in [0.5, 0.6) is 0 Å². The molecule has 3 heteroatoms. The van der Waals surface area contributed by atoms with Gasteiger partial charge >= 0.3 is 0 Å². The number of hydrogen-bond acceptors (Lipinski definition) is 3. The summed E-state index contributed by atoms with van der Waals surface area (Å²) in [5, 5.41) is 12.9. The van der Waals surface area contributed by atoms with E-state index in [2.05, 4.69) is 23.2 Å². The highest BCUT2D eigenvalue weighted by molar-refractivity contribution is 5.18. The third kappa shape index (κ3) is 1.77. The minimum Gasteiger partial charge on any atom is -0.295 e. The van der Waals surface area contributed by atoms with Gasteiger partial charge in [0.2, 0.25) is 0 Å². The zero-order valence-electron chi connectivity index (χ0n) is 9.37. The van der Waals surface area contributed by atoms with E-state index < -0.39 is 0 Å². The van der Waals surface area contributed by atoms with Crippen LogP contribution in [0, 0.1) is 11.3 Å². The normalized spacial score (nSPS) is 41.7. The Morgan fingerprint density at radius 2 is 2.07 bits per heavy atom. The monoisotopic (exact) mass is 205 g/mol. The Balaban J connectivity index is 1.71. The molecule has 82 valence electrons. The largest absolute Gasteiger partial charge is 0.295 e. The Morgan fingerprint density at radius 3 is 2.60 bits per heavy atom. The molecule has 3 rings (SSSR count). The topological polar surface area (TPSA) is 39.1 Å². The lowest BCUT2D eigenvalue weighted by molar-refractivity contribution is 0.249. The lowest BCUT2D eigenvalue weighted by Gasteiger charge is -2.23. The fourth-order valence-electron chi connectivity index (χ4n) is 2.89. The van der Waals surface area contributed by atoms with Crippen LogP contribution < -0.4 is 5.32 Å². The molecule has 1 heterocycles. The summed E-state index contributed by atoms with van der Waals surface area (Å²) in [6.45, 7) is 3.22. The minimum absolute atomic E-state index is 0.233. The third-order valence-electron chi connectivity index (χ3n) is 3.95. The van der Waals surface area contributed by atoms with Crippen molar-refractivity contribution in [3.05, 3.63) is 0 Å². The Labute approximate surface area is 91.4 Å². The molecule has 0 bridgehead atoms. The lowest BCUT2D eigenvalue weighted by atomic mass is 9.98. The summed E-state index contributed by atoms with van der Waals surface area (Å²) in [7, 11) is 0. The van der Waals surface area contributed by atoms with Gasteiger partial charge in [-0.25, -0.2) is 0 Å². The van der Waals surface area contributed by atoms with Gasteiger partial charge in [0.15, 0.2) is 0 Å². The first-order chi connectivity index (χ1) is 7.22. The standard InChI is InChI=1S/C12H19N3/c1-9-6-12(7-13,14-10-2-3-10)8-15(9)11-4-5-11/h9-11,14H,2-6,8H2,1H3. The summed E-state index contributed by atoms with van der Waals surface area (Å²) in [4.78, 5) is 2.54. The number of nitrogens with one attached hydrogen (secondary N) is 1. The molecular weight excluding hydrogens is 186 g/mol. The highest BCUT2D eigenvalue weighted by Gasteiger charge is 2.49. The van der Waals surface area contributed by atoms with Gasteiger partial charge in [-0.1, -0.05) is 0 Å². The predicted molar refractivity (Wildman–Crippen MR) is 58.3 cm³/mol. The van der Waals surface area contributed by atoms with Crippen molar-refractivity contribution >= 4 is 0 Å². The Morgan fingerprint density at radius 1 is 1.33 bits per heavy atom. The first-order valence-corrected chi connectivity index (χ1v) is 6.17. The first kappa shape index (κ1) is 9.62. The summed E-state index contributed by atoms with van der Waals surface area (Å²) in [6, 6.07) is 4.55. The van der Waals surface area contributed by atoms with Crippen molar-refractivity contribution in [2.45, 2.75) is 62.7 Å². The van der Waals surface area contributed by atoms with Gasteiger partial charge in [0.05, 0.1) is 6.07 Å². The molecule has 2 saturated carbocycles. The van der Waals surface area contributed by atoms with Crippen LogP contribution in [-0.4, -0.2) is 35.1 Å². The van der Waals surface area contributed by atoms with Gasteiger partial charge < -0.3 is 0 Å². The van der Waals surface area contributed by atoms with E-state index in [9.17, 15) is 5.26 Å². The fraction of sp³-hybridized carbons (Fsp3) is 0.917. The number of nitriles is 1. The molecule has 3 nitrogen and oxygen atoms in total. The second-order valence-electron chi connectivity index (χ2n) is 5.57. The van der Waals surface area contributed by atoms with E-state index in [0.29, 0.717) is 12.1 Å². The summed E-state index contributed by atoms with van der Waals surface area (Å²) in [5.74, 6) is 0. The second-order valence-corrected chi connectivity index (χ2v) is 5.57. The average molecular weight is 205 g/mol. The maximum absolute atomic E-state index is 9.39. The zero-order chi connectivity index (χ0) is 10.5. The van der Waals surface area contributed by atoms with Crippen molar-refractivity contribution in [1.82, 2.24) is 10.2 Å². The van der Waals surface area contributed by atoms with Gasteiger partial charge in [0, 0.05) is 24.7 Å². The van der Waals surface area contributed by atoms with E-state index in [1.807, 2.05) is 0 Å². The van der Waals surface area contributed by atoms with Crippen LogP contribution >= 0.6 is 0 Å². The number of likely N-dealkylation sites (tertiary alicyclic amines) is 1. The highest BCUT2D eigenvalue weighted by Crippen LogP contribution is 2.38.